The fourth-order valence-corrected chi connectivity index (χ4v) is 2.77. The first-order valence-electron chi connectivity index (χ1n) is 8.08. The van der Waals surface area contributed by atoms with Crippen LogP contribution >= 0.6 is 0 Å². The van der Waals surface area contributed by atoms with Crippen LogP contribution in [0.1, 0.15) is 65.2 Å². The van der Waals surface area contributed by atoms with E-state index in [0.717, 1.165) is 32.3 Å². The number of hydrogen-bond donors (Lipinski definition) is 0. The lowest BCUT2D eigenvalue weighted by Gasteiger charge is -2.27. The molecule has 0 aromatic carbocycles. The lowest BCUT2D eigenvalue weighted by atomic mass is 10.0. The summed E-state index contributed by atoms with van der Waals surface area (Å²) in [4.78, 5) is 2.24. The summed E-state index contributed by atoms with van der Waals surface area (Å²) in [5, 5.41) is 0. The quantitative estimate of drug-likeness (QED) is 0.564. The summed E-state index contributed by atoms with van der Waals surface area (Å²) >= 11 is 0. The molecule has 1 aliphatic heterocycles. The molecule has 0 aliphatic carbocycles. The van der Waals surface area contributed by atoms with Gasteiger partial charge in [0.15, 0.2) is 5.79 Å². The van der Waals surface area contributed by atoms with Crippen molar-refractivity contribution >= 4 is 0 Å². The molecule has 0 N–H and O–H groups in total. The highest BCUT2D eigenvalue weighted by atomic mass is 16.7. The number of ether oxygens (including phenoxy) is 2. The predicted molar refractivity (Wildman–Crippen MR) is 80.4 cm³/mol. The highest BCUT2D eigenvalue weighted by Crippen LogP contribution is 2.34. The van der Waals surface area contributed by atoms with Crippen LogP contribution in [0.4, 0.5) is 0 Å². The molecule has 3 nitrogen and oxygen atoms in total. The second kappa shape index (κ2) is 8.93. The first-order chi connectivity index (χ1) is 9.12. The van der Waals surface area contributed by atoms with Gasteiger partial charge in [-0.2, -0.15) is 0 Å². The van der Waals surface area contributed by atoms with Gasteiger partial charge in [-0.3, -0.25) is 0 Å². The van der Waals surface area contributed by atoms with Crippen LogP contribution in [-0.4, -0.2) is 44.0 Å². The summed E-state index contributed by atoms with van der Waals surface area (Å²) in [7, 11) is 4.26. The topological polar surface area (TPSA) is 21.7 Å². The maximum atomic E-state index is 6.26. The van der Waals surface area contributed by atoms with Gasteiger partial charge in [-0.15, -0.1) is 0 Å². The molecule has 1 aliphatic rings. The average Bonchev–Trinajstić information content (AvgIpc) is 2.76. The summed E-state index contributed by atoms with van der Waals surface area (Å²) in [6.07, 6.45) is 9.62. The van der Waals surface area contributed by atoms with Crippen molar-refractivity contribution in [3.8, 4) is 0 Å². The predicted octanol–water partition coefficient (Wildman–Crippen LogP) is 3.82. The van der Waals surface area contributed by atoms with Gasteiger partial charge >= 0.3 is 0 Å². The van der Waals surface area contributed by atoms with Gasteiger partial charge in [0.2, 0.25) is 0 Å². The molecule has 0 radical (unpaired) electrons. The summed E-state index contributed by atoms with van der Waals surface area (Å²) in [5.74, 6) is -0.253. The lowest BCUT2D eigenvalue weighted by Crippen LogP contribution is -2.30. The van der Waals surface area contributed by atoms with Crippen molar-refractivity contribution in [2.45, 2.75) is 77.1 Å². The Hall–Kier alpha value is -0.120. The standard InChI is InChI=1S/C16H33NO2/c1-5-7-12-16(11-6-2)18-14-15(19-16)10-8-9-13-17(3)4/h15H,5-14H2,1-4H3. The minimum Gasteiger partial charge on any atom is -0.347 e. The fraction of sp³-hybridized carbons (Fsp3) is 1.00. The van der Waals surface area contributed by atoms with E-state index < -0.39 is 0 Å². The number of hydrogen-bond acceptors (Lipinski definition) is 3. The molecule has 0 aromatic heterocycles. The van der Waals surface area contributed by atoms with Gasteiger partial charge in [-0.1, -0.05) is 26.7 Å². The summed E-state index contributed by atoms with van der Waals surface area (Å²) in [5.41, 5.74) is 0. The number of nitrogens with zero attached hydrogens (tertiary/aromatic N) is 1. The third kappa shape index (κ3) is 6.24. The molecule has 1 heterocycles. The Labute approximate surface area is 119 Å². The Morgan fingerprint density at radius 1 is 1.05 bits per heavy atom. The molecular formula is C16H33NO2. The molecule has 114 valence electrons. The minimum absolute atomic E-state index is 0.253. The molecule has 1 saturated heterocycles. The SMILES string of the molecule is CCCCC1(CCC)OCC(CCCCN(C)C)O1. The van der Waals surface area contributed by atoms with Crippen LogP contribution in [0.5, 0.6) is 0 Å². The van der Waals surface area contributed by atoms with Gasteiger partial charge in [0.05, 0.1) is 12.7 Å². The normalized spacial score (nSPS) is 27.3. The van der Waals surface area contributed by atoms with Crippen molar-refractivity contribution in [3.05, 3.63) is 0 Å². The van der Waals surface area contributed by atoms with Crippen molar-refractivity contribution in [2.24, 2.45) is 0 Å². The van der Waals surface area contributed by atoms with Crippen molar-refractivity contribution in [1.82, 2.24) is 4.90 Å². The Morgan fingerprint density at radius 2 is 1.84 bits per heavy atom. The smallest absolute Gasteiger partial charge is 0.168 e. The molecule has 2 unspecified atom stereocenters. The van der Waals surface area contributed by atoms with Gasteiger partial charge < -0.3 is 14.4 Å². The van der Waals surface area contributed by atoms with Crippen molar-refractivity contribution in [2.75, 3.05) is 27.2 Å². The Morgan fingerprint density at radius 3 is 2.47 bits per heavy atom. The van der Waals surface area contributed by atoms with Crippen LogP contribution < -0.4 is 0 Å². The second-order valence-electron chi connectivity index (χ2n) is 6.11. The third-order valence-corrected chi connectivity index (χ3v) is 3.84. The van der Waals surface area contributed by atoms with Gasteiger partial charge in [0.25, 0.3) is 0 Å². The Kier molecular flexibility index (Phi) is 7.96. The molecular weight excluding hydrogens is 238 g/mol. The van der Waals surface area contributed by atoms with Crippen LogP contribution in [0.25, 0.3) is 0 Å². The van der Waals surface area contributed by atoms with Crippen LogP contribution in [0.2, 0.25) is 0 Å². The first kappa shape index (κ1) is 16.9. The third-order valence-electron chi connectivity index (χ3n) is 3.84. The maximum absolute atomic E-state index is 6.26. The minimum atomic E-state index is -0.253. The van der Waals surface area contributed by atoms with E-state index in [4.69, 9.17) is 9.47 Å². The zero-order valence-corrected chi connectivity index (χ0v) is 13.4. The molecule has 0 bridgehead atoms. The Balaban J connectivity index is 2.28. The lowest BCUT2D eigenvalue weighted by molar-refractivity contribution is -0.179. The Bertz CT molecular complexity index is 233. The molecule has 1 rings (SSSR count). The number of rotatable bonds is 10. The van der Waals surface area contributed by atoms with E-state index in [1.165, 1.54) is 32.2 Å². The van der Waals surface area contributed by atoms with Crippen LogP contribution in [0.15, 0.2) is 0 Å². The summed E-state index contributed by atoms with van der Waals surface area (Å²) < 4.78 is 12.3. The van der Waals surface area contributed by atoms with Crippen molar-refractivity contribution < 1.29 is 9.47 Å². The highest BCUT2D eigenvalue weighted by Gasteiger charge is 2.39. The highest BCUT2D eigenvalue weighted by molar-refractivity contribution is 4.79. The van der Waals surface area contributed by atoms with Gasteiger partial charge in [0, 0.05) is 12.8 Å². The van der Waals surface area contributed by atoms with E-state index in [-0.39, 0.29) is 5.79 Å². The molecule has 0 saturated carbocycles. The van der Waals surface area contributed by atoms with Gasteiger partial charge in [-0.25, -0.2) is 0 Å². The fourth-order valence-electron chi connectivity index (χ4n) is 2.77. The number of unbranched alkanes of at least 4 members (excludes halogenated alkanes) is 2. The molecule has 0 amide bonds. The van der Waals surface area contributed by atoms with E-state index in [2.05, 4.69) is 32.8 Å². The molecule has 3 heteroatoms. The molecule has 0 spiro atoms. The van der Waals surface area contributed by atoms with E-state index in [9.17, 15) is 0 Å². The second-order valence-corrected chi connectivity index (χ2v) is 6.11. The van der Waals surface area contributed by atoms with Crippen molar-refractivity contribution in [3.63, 3.8) is 0 Å². The zero-order valence-electron chi connectivity index (χ0n) is 13.4. The monoisotopic (exact) mass is 271 g/mol. The van der Waals surface area contributed by atoms with Crippen LogP contribution in [-0.2, 0) is 9.47 Å². The van der Waals surface area contributed by atoms with Crippen LogP contribution in [0, 0.1) is 0 Å². The van der Waals surface area contributed by atoms with E-state index in [1.54, 1.807) is 0 Å². The van der Waals surface area contributed by atoms with Gasteiger partial charge in [0.1, 0.15) is 0 Å². The van der Waals surface area contributed by atoms with Crippen molar-refractivity contribution in [1.29, 1.82) is 0 Å². The summed E-state index contributed by atoms with van der Waals surface area (Å²) in [6.45, 7) is 6.41. The summed E-state index contributed by atoms with van der Waals surface area (Å²) in [6, 6.07) is 0. The largest absolute Gasteiger partial charge is 0.347 e. The first-order valence-corrected chi connectivity index (χ1v) is 8.08. The average molecular weight is 271 g/mol. The van der Waals surface area contributed by atoms with E-state index in [0.29, 0.717) is 6.10 Å². The van der Waals surface area contributed by atoms with Crippen LogP contribution in [0.3, 0.4) is 0 Å². The zero-order chi connectivity index (χ0) is 14.1. The molecule has 0 aromatic rings. The van der Waals surface area contributed by atoms with E-state index in [1.807, 2.05) is 0 Å². The van der Waals surface area contributed by atoms with E-state index >= 15 is 0 Å². The molecule has 2 atom stereocenters. The molecule has 19 heavy (non-hydrogen) atoms. The molecule has 1 fully saturated rings. The van der Waals surface area contributed by atoms with Gasteiger partial charge in [-0.05, 0) is 46.3 Å². The maximum Gasteiger partial charge on any atom is 0.168 e.